The summed E-state index contributed by atoms with van der Waals surface area (Å²) < 4.78 is 0. The molecule has 0 saturated carbocycles. The Morgan fingerprint density at radius 2 is 2.00 bits per heavy atom. The topological polar surface area (TPSA) is 72.2 Å². The average Bonchev–Trinajstić information content (AvgIpc) is 2.28. The first kappa shape index (κ1) is 11.6. The van der Waals surface area contributed by atoms with Gasteiger partial charge in [-0.3, -0.25) is 14.9 Å². The largest absolute Gasteiger partial charge is 0.343 e. The summed E-state index contributed by atoms with van der Waals surface area (Å²) in [5.41, 5.74) is 0.786. The van der Waals surface area contributed by atoms with E-state index in [1.807, 2.05) is 18.2 Å². The van der Waals surface area contributed by atoms with Crippen molar-refractivity contribution in [2.24, 2.45) is 5.92 Å². The highest BCUT2D eigenvalue weighted by Crippen LogP contribution is 2.29. The third-order valence-corrected chi connectivity index (χ3v) is 3.15. The molecule has 1 amide bonds. The van der Waals surface area contributed by atoms with Gasteiger partial charge in [0, 0.05) is 17.3 Å². The zero-order chi connectivity index (χ0) is 12.4. The molecule has 0 aromatic heterocycles. The molecule has 1 aliphatic heterocycles. The Morgan fingerprint density at radius 1 is 1.35 bits per heavy atom. The Labute approximate surface area is 99.0 Å². The number of amides is 1. The molecule has 1 N–H and O–H groups in total. The summed E-state index contributed by atoms with van der Waals surface area (Å²) >= 11 is 0. The standard InChI is InChI=1S/C12H14N2O3/c1-8-7-10(15)13-11(12(8)14(16)17)9-5-3-2-4-6-9/h2-6,8,11-12H,7H2,1H3,(H,13,15)/t8-,11+,12-/m1/s1. The average molecular weight is 234 g/mol. The first-order valence-corrected chi connectivity index (χ1v) is 5.57. The van der Waals surface area contributed by atoms with Gasteiger partial charge in [-0.05, 0) is 5.56 Å². The highest BCUT2D eigenvalue weighted by Gasteiger charge is 2.43. The molecule has 1 fully saturated rings. The molecule has 3 atom stereocenters. The van der Waals surface area contributed by atoms with Gasteiger partial charge >= 0.3 is 0 Å². The van der Waals surface area contributed by atoms with E-state index in [2.05, 4.69) is 5.32 Å². The lowest BCUT2D eigenvalue weighted by Gasteiger charge is -2.31. The molecule has 1 saturated heterocycles. The molecule has 1 aromatic rings. The van der Waals surface area contributed by atoms with Gasteiger partial charge in [0.15, 0.2) is 0 Å². The molecule has 0 bridgehead atoms. The van der Waals surface area contributed by atoms with E-state index >= 15 is 0 Å². The van der Waals surface area contributed by atoms with E-state index < -0.39 is 12.1 Å². The zero-order valence-electron chi connectivity index (χ0n) is 9.50. The molecule has 1 aliphatic rings. The summed E-state index contributed by atoms with van der Waals surface area (Å²) in [7, 11) is 0. The molecule has 0 unspecified atom stereocenters. The molecule has 0 spiro atoms. The van der Waals surface area contributed by atoms with Crippen molar-refractivity contribution in [1.82, 2.24) is 5.32 Å². The molecular weight excluding hydrogens is 220 g/mol. The van der Waals surface area contributed by atoms with Crippen molar-refractivity contribution >= 4 is 5.91 Å². The first-order chi connectivity index (χ1) is 8.09. The Hall–Kier alpha value is -1.91. The lowest BCUT2D eigenvalue weighted by molar-refractivity contribution is -0.538. The Balaban J connectivity index is 2.34. The number of hydrogen-bond donors (Lipinski definition) is 1. The first-order valence-electron chi connectivity index (χ1n) is 5.57. The molecule has 0 aliphatic carbocycles. The molecule has 5 nitrogen and oxygen atoms in total. The van der Waals surface area contributed by atoms with Gasteiger partial charge in [0.25, 0.3) is 0 Å². The van der Waals surface area contributed by atoms with Crippen LogP contribution >= 0.6 is 0 Å². The number of hydrogen-bond acceptors (Lipinski definition) is 3. The minimum atomic E-state index is -0.755. The maximum atomic E-state index is 11.5. The number of nitrogens with zero attached hydrogens (tertiary/aromatic N) is 1. The number of rotatable bonds is 2. The third kappa shape index (κ3) is 2.27. The van der Waals surface area contributed by atoms with Crippen molar-refractivity contribution in [2.45, 2.75) is 25.4 Å². The summed E-state index contributed by atoms with van der Waals surface area (Å²) in [4.78, 5) is 22.3. The molecule has 1 heterocycles. The number of carbonyl (C=O) groups is 1. The highest BCUT2D eigenvalue weighted by molar-refractivity contribution is 5.77. The van der Waals surface area contributed by atoms with E-state index in [9.17, 15) is 14.9 Å². The summed E-state index contributed by atoms with van der Waals surface area (Å²) in [5.74, 6) is -0.367. The molecule has 0 radical (unpaired) electrons. The van der Waals surface area contributed by atoms with Crippen molar-refractivity contribution in [2.75, 3.05) is 0 Å². The van der Waals surface area contributed by atoms with Crippen LogP contribution in [0.1, 0.15) is 24.9 Å². The fourth-order valence-electron chi connectivity index (χ4n) is 2.33. The van der Waals surface area contributed by atoms with Crippen molar-refractivity contribution in [3.05, 3.63) is 46.0 Å². The minimum Gasteiger partial charge on any atom is -0.343 e. The van der Waals surface area contributed by atoms with Crippen LogP contribution in [0.3, 0.4) is 0 Å². The maximum Gasteiger partial charge on any atom is 0.240 e. The van der Waals surface area contributed by atoms with Crippen LogP contribution < -0.4 is 5.32 Å². The Kier molecular flexibility index (Phi) is 3.08. The zero-order valence-corrected chi connectivity index (χ0v) is 9.50. The van der Waals surface area contributed by atoms with Crippen LogP contribution in [0.4, 0.5) is 0 Å². The molecule has 5 heteroatoms. The van der Waals surface area contributed by atoms with E-state index in [0.717, 1.165) is 5.56 Å². The van der Waals surface area contributed by atoms with Gasteiger partial charge in [-0.1, -0.05) is 37.3 Å². The fraction of sp³-hybridized carbons (Fsp3) is 0.417. The van der Waals surface area contributed by atoms with Gasteiger partial charge in [0.05, 0.1) is 0 Å². The minimum absolute atomic E-state index is 0.121. The van der Waals surface area contributed by atoms with Crippen molar-refractivity contribution in [3.63, 3.8) is 0 Å². The quantitative estimate of drug-likeness (QED) is 0.623. The number of nitro groups is 1. The predicted molar refractivity (Wildman–Crippen MR) is 61.9 cm³/mol. The second-order valence-corrected chi connectivity index (χ2v) is 4.41. The molecule has 17 heavy (non-hydrogen) atoms. The monoisotopic (exact) mass is 234 g/mol. The van der Waals surface area contributed by atoms with Crippen LogP contribution in [0.5, 0.6) is 0 Å². The van der Waals surface area contributed by atoms with Crippen LogP contribution in [0.2, 0.25) is 0 Å². The highest BCUT2D eigenvalue weighted by atomic mass is 16.6. The van der Waals surface area contributed by atoms with Crippen LogP contribution in [0.25, 0.3) is 0 Å². The van der Waals surface area contributed by atoms with Gasteiger partial charge in [-0.25, -0.2) is 0 Å². The Morgan fingerprint density at radius 3 is 2.59 bits per heavy atom. The van der Waals surface area contributed by atoms with E-state index in [0.29, 0.717) is 0 Å². The van der Waals surface area contributed by atoms with Gasteiger partial charge in [0.2, 0.25) is 11.9 Å². The summed E-state index contributed by atoms with van der Waals surface area (Å²) in [6.07, 6.45) is 0.217. The number of carbonyl (C=O) groups excluding carboxylic acids is 1. The van der Waals surface area contributed by atoms with Crippen molar-refractivity contribution < 1.29 is 9.72 Å². The van der Waals surface area contributed by atoms with Crippen LogP contribution in [-0.4, -0.2) is 16.9 Å². The van der Waals surface area contributed by atoms with Gasteiger partial charge in [0.1, 0.15) is 6.04 Å². The van der Waals surface area contributed by atoms with Crippen LogP contribution in [-0.2, 0) is 4.79 Å². The second kappa shape index (κ2) is 4.53. The third-order valence-electron chi connectivity index (χ3n) is 3.15. The van der Waals surface area contributed by atoms with E-state index in [1.165, 1.54) is 0 Å². The molecule has 2 rings (SSSR count). The van der Waals surface area contributed by atoms with Crippen molar-refractivity contribution in [3.8, 4) is 0 Å². The molecular formula is C12H14N2O3. The normalized spacial score (nSPS) is 28.5. The molecule has 90 valence electrons. The lowest BCUT2D eigenvalue weighted by Crippen LogP contribution is -2.49. The smallest absolute Gasteiger partial charge is 0.240 e. The number of piperidine rings is 1. The second-order valence-electron chi connectivity index (χ2n) is 4.41. The van der Waals surface area contributed by atoms with Crippen LogP contribution in [0, 0.1) is 16.0 Å². The van der Waals surface area contributed by atoms with E-state index in [-0.39, 0.29) is 23.2 Å². The summed E-state index contributed by atoms with van der Waals surface area (Å²) in [5, 5.41) is 13.8. The summed E-state index contributed by atoms with van der Waals surface area (Å²) in [6.45, 7) is 1.75. The van der Waals surface area contributed by atoms with Gasteiger partial charge in [-0.15, -0.1) is 0 Å². The Bertz CT molecular complexity index is 433. The predicted octanol–water partition coefficient (Wildman–Crippen LogP) is 1.53. The van der Waals surface area contributed by atoms with Crippen molar-refractivity contribution in [1.29, 1.82) is 0 Å². The SMILES string of the molecule is C[C@@H]1CC(=O)N[C@@H](c2ccccc2)[C@@H]1[N+](=O)[O-]. The van der Waals surface area contributed by atoms with E-state index in [4.69, 9.17) is 0 Å². The van der Waals surface area contributed by atoms with Gasteiger partial charge < -0.3 is 5.32 Å². The van der Waals surface area contributed by atoms with Gasteiger partial charge in [-0.2, -0.15) is 0 Å². The van der Waals surface area contributed by atoms with E-state index in [1.54, 1.807) is 19.1 Å². The number of nitrogens with one attached hydrogen (secondary N) is 1. The molecule has 1 aromatic carbocycles. The number of benzene rings is 1. The maximum absolute atomic E-state index is 11.5. The summed E-state index contributed by atoms with van der Waals surface area (Å²) in [6, 6.07) is 7.81. The van der Waals surface area contributed by atoms with Crippen LogP contribution in [0.15, 0.2) is 30.3 Å². The lowest BCUT2D eigenvalue weighted by atomic mass is 9.85. The fourth-order valence-corrected chi connectivity index (χ4v) is 2.33.